The van der Waals surface area contributed by atoms with Gasteiger partial charge in [0.2, 0.25) is 0 Å². The number of rotatable bonds is 2. The van der Waals surface area contributed by atoms with E-state index in [4.69, 9.17) is 5.73 Å². The number of nitrogens with zero attached hydrogens (tertiary/aromatic N) is 1. The molecule has 0 fully saturated rings. The predicted octanol–water partition coefficient (Wildman–Crippen LogP) is 3.02. The highest BCUT2D eigenvalue weighted by Crippen LogP contribution is 2.18. The second kappa shape index (κ2) is 4.23. The summed E-state index contributed by atoms with van der Waals surface area (Å²) in [6.07, 6.45) is 0. The quantitative estimate of drug-likeness (QED) is 0.806. The lowest BCUT2D eigenvalue weighted by Gasteiger charge is -2.08. The molecule has 2 aromatic rings. The first kappa shape index (κ1) is 10.5. The molecule has 0 amide bonds. The minimum atomic E-state index is 0.522. The number of pyridine rings is 1. The average molecular weight is 213 g/mol. The van der Waals surface area contributed by atoms with Crippen LogP contribution >= 0.6 is 0 Å². The minimum absolute atomic E-state index is 0.522. The van der Waals surface area contributed by atoms with Crippen LogP contribution < -0.4 is 11.1 Å². The Balaban J connectivity index is 2.24. The van der Waals surface area contributed by atoms with Gasteiger partial charge in [0.15, 0.2) is 0 Å². The van der Waals surface area contributed by atoms with Crippen molar-refractivity contribution in [2.24, 2.45) is 0 Å². The molecule has 0 radical (unpaired) electrons. The van der Waals surface area contributed by atoms with Crippen molar-refractivity contribution in [3.05, 3.63) is 47.5 Å². The zero-order chi connectivity index (χ0) is 11.5. The molecule has 0 saturated heterocycles. The third-order valence-electron chi connectivity index (χ3n) is 2.55. The normalized spacial score (nSPS) is 10.1. The van der Waals surface area contributed by atoms with Crippen LogP contribution in [0.2, 0.25) is 0 Å². The summed E-state index contributed by atoms with van der Waals surface area (Å²) in [5.41, 5.74) is 9.19. The summed E-state index contributed by atoms with van der Waals surface area (Å²) < 4.78 is 0. The first-order chi connectivity index (χ1) is 7.65. The summed E-state index contributed by atoms with van der Waals surface area (Å²) in [4.78, 5) is 4.19. The fraction of sp³-hybridized carbons (Fsp3) is 0.154. The monoisotopic (exact) mass is 213 g/mol. The van der Waals surface area contributed by atoms with Gasteiger partial charge in [-0.25, -0.2) is 4.98 Å². The molecule has 2 rings (SSSR count). The molecule has 0 spiro atoms. The number of hydrogen-bond donors (Lipinski definition) is 2. The molecule has 1 aromatic carbocycles. The molecular formula is C13H15N3. The zero-order valence-electron chi connectivity index (χ0n) is 9.49. The van der Waals surface area contributed by atoms with Gasteiger partial charge in [-0.05, 0) is 49.2 Å². The molecular weight excluding hydrogens is 198 g/mol. The molecule has 0 saturated carbocycles. The van der Waals surface area contributed by atoms with E-state index in [0.29, 0.717) is 5.82 Å². The molecule has 0 unspecified atom stereocenters. The Hall–Kier alpha value is -2.03. The highest BCUT2D eigenvalue weighted by atomic mass is 15.0. The molecule has 0 atom stereocenters. The summed E-state index contributed by atoms with van der Waals surface area (Å²) in [6, 6.07) is 11.8. The molecule has 1 heterocycles. The van der Waals surface area contributed by atoms with Crippen LogP contribution in [0.4, 0.5) is 17.3 Å². The Labute approximate surface area is 95.3 Å². The van der Waals surface area contributed by atoms with Gasteiger partial charge in [0.1, 0.15) is 11.6 Å². The number of hydrogen-bond acceptors (Lipinski definition) is 3. The van der Waals surface area contributed by atoms with Crippen LogP contribution in [-0.2, 0) is 0 Å². The maximum absolute atomic E-state index is 5.62. The number of aryl methyl sites for hydroxylation is 2. The summed E-state index contributed by atoms with van der Waals surface area (Å²) in [5, 5.41) is 3.22. The third kappa shape index (κ3) is 2.31. The lowest BCUT2D eigenvalue weighted by molar-refractivity contribution is 1.30. The number of nitrogen functional groups attached to an aromatic ring is 1. The number of anilines is 3. The molecule has 1 aromatic heterocycles. The molecule has 3 nitrogen and oxygen atoms in total. The Morgan fingerprint density at radius 3 is 2.56 bits per heavy atom. The Morgan fingerprint density at radius 2 is 1.88 bits per heavy atom. The lowest BCUT2D eigenvalue weighted by atomic mass is 10.1. The SMILES string of the molecule is Cc1ccc(Nc2cccc(N)n2)cc1C. The second-order valence-electron chi connectivity index (χ2n) is 3.87. The molecule has 3 N–H and O–H groups in total. The molecule has 0 aliphatic carbocycles. The van der Waals surface area contributed by atoms with Crippen molar-refractivity contribution in [3.63, 3.8) is 0 Å². The van der Waals surface area contributed by atoms with Gasteiger partial charge in [-0.15, -0.1) is 0 Å². The van der Waals surface area contributed by atoms with Crippen LogP contribution in [0.1, 0.15) is 11.1 Å². The maximum Gasteiger partial charge on any atom is 0.132 e. The summed E-state index contributed by atoms with van der Waals surface area (Å²) in [6.45, 7) is 4.19. The summed E-state index contributed by atoms with van der Waals surface area (Å²) >= 11 is 0. The van der Waals surface area contributed by atoms with Gasteiger partial charge in [0, 0.05) is 5.69 Å². The van der Waals surface area contributed by atoms with Crippen molar-refractivity contribution < 1.29 is 0 Å². The van der Waals surface area contributed by atoms with E-state index in [1.165, 1.54) is 11.1 Å². The van der Waals surface area contributed by atoms with Gasteiger partial charge >= 0.3 is 0 Å². The molecule has 0 aliphatic rings. The smallest absolute Gasteiger partial charge is 0.132 e. The van der Waals surface area contributed by atoms with E-state index in [-0.39, 0.29) is 0 Å². The average Bonchev–Trinajstić information content (AvgIpc) is 2.24. The van der Waals surface area contributed by atoms with Gasteiger partial charge < -0.3 is 11.1 Å². The van der Waals surface area contributed by atoms with Crippen molar-refractivity contribution in [3.8, 4) is 0 Å². The minimum Gasteiger partial charge on any atom is -0.384 e. The zero-order valence-corrected chi connectivity index (χ0v) is 9.49. The number of nitrogens with two attached hydrogens (primary N) is 1. The van der Waals surface area contributed by atoms with Crippen molar-refractivity contribution in [2.75, 3.05) is 11.1 Å². The molecule has 3 heteroatoms. The first-order valence-corrected chi connectivity index (χ1v) is 5.22. The Kier molecular flexibility index (Phi) is 2.77. The van der Waals surface area contributed by atoms with E-state index in [2.05, 4.69) is 36.3 Å². The van der Waals surface area contributed by atoms with Crippen molar-refractivity contribution in [2.45, 2.75) is 13.8 Å². The van der Waals surface area contributed by atoms with Gasteiger partial charge in [-0.2, -0.15) is 0 Å². The maximum atomic E-state index is 5.62. The van der Waals surface area contributed by atoms with Crippen LogP contribution in [-0.4, -0.2) is 4.98 Å². The highest BCUT2D eigenvalue weighted by molar-refractivity contribution is 5.59. The fourth-order valence-corrected chi connectivity index (χ4v) is 1.49. The molecule has 16 heavy (non-hydrogen) atoms. The second-order valence-corrected chi connectivity index (χ2v) is 3.87. The van der Waals surface area contributed by atoms with Gasteiger partial charge in [0.05, 0.1) is 0 Å². The highest BCUT2D eigenvalue weighted by Gasteiger charge is 1.98. The Bertz CT molecular complexity index is 506. The van der Waals surface area contributed by atoms with Gasteiger partial charge in [-0.1, -0.05) is 12.1 Å². The lowest BCUT2D eigenvalue weighted by Crippen LogP contribution is -1.97. The van der Waals surface area contributed by atoms with E-state index in [1.54, 1.807) is 6.07 Å². The van der Waals surface area contributed by atoms with E-state index < -0.39 is 0 Å². The molecule has 0 bridgehead atoms. The van der Waals surface area contributed by atoms with Crippen molar-refractivity contribution >= 4 is 17.3 Å². The number of benzene rings is 1. The standard InChI is InChI=1S/C13H15N3/c1-9-6-7-11(8-10(9)2)15-13-5-3-4-12(14)16-13/h3-8H,1-2H3,(H3,14,15,16). The first-order valence-electron chi connectivity index (χ1n) is 5.22. The molecule has 0 aliphatic heterocycles. The van der Waals surface area contributed by atoms with Gasteiger partial charge in [-0.3, -0.25) is 0 Å². The van der Waals surface area contributed by atoms with Gasteiger partial charge in [0.25, 0.3) is 0 Å². The largest absolute Gasteiger partial charge is 0.384 e. The van der Waals surface area contributed by atoms with Crippen LogP contribution in [0.15, 0.2) is 36.4 Å². The van der Waals surface area contributed by atoms with Crippen LogP contribution in [0.5, 0.6) is 0 Å². The summed E-state index contributed by atoms with van der Waals surface area (Å²) in [5.74, 6) is 1.29. The van der Waals surface area contributed by atoms with E-state index in [1.807, 2.05) is 18.2 Å². The van der Waals surface area contributed by atoms with Crippen molar-refractivity contribution in [1.82, 2.24) is 4.98 Å². The number of nitrogens with one attached hydrogen (secondary N) is 1. The van der Waals surface area contributed by atoms with Crippen LogP contribution in [0.3, 0.4) is 0 Å². The van der Waals surface area contributed by atoms with E-state index >= 15 is 0 Å². The predicted molar refractivity (Wildman–Crippen MR) is 67.8 cm³/mol. The van der Waals surface area contributed by atoms with Crippen LogP contribution in [0, 0.1) is 13.8 Å². The number of aromatic nitrogens is 1. The molecule has 82 valence electrons. The topological polar surface area (TPSA) is 50.9 Å². The van der Waals surface area contributed by atoms with E-state index in [0.717, 1.165) is 11.5 Å². The third-order valence-corrected chi connectivity index (χ3v) is 2.55. The van der Waals surface area contributed by atoms with Crippen LogP contribution in [0.25, 0.3) is 0 Å². The fourth-order valence-electron chi connectivity index (χ4n) is 1.49. The van der Waals surface area contributed by atoms with E-state index in [9.17, 15) is 0 Å². The Morgan fingerprint density at radius 1 is 1.06 bits per heavy atom. The van der Waals surface area contributed by atoms with Crippen molar-refractivity contribution in [1.29, 1.82) is 0 Å². The summed E-state index contributed by atoms with van der Waals surface area (Å²) in [7, 11) is 0.